The van der Waals surface area contributed by atoms with Crippen molar-refractivity contribution in [1.29, 1.82) is 0 Å². The van der Waals surface area contributed by atoms with E-state index in [9.17, 15) is 4.79 Å². The van der Waals surface area contributed by atoms with E-state index in [0.717, 1.165) is 34.0 Å². The highest BCUT2D eigenvalue weighted by Crippen LogP contribution is 2.33. The standard InChI is InChI=1S/C20H20Cl2N2O2/c1-2-26-20(25)19-15(8-7-12-5-3-4-6-13(12)11-23)18-16(22)9-14(21)10-17(18)24-19/h3-6,9-10,24H,2,7-8,11,23H2,1H3. The molecule has 26 heavy (non-hydrogen) atoms. The highest BCUT2D eigenvalue weighted by molar-refractivity contribution is 6.39. The molecule has 0 radical (unpaired) electrons. The minimum atomic E-state index is -0.391. The summed E-state index contributed by atoms with van der Waals surface area (Å²) in [6.45, 7) is 2.56. The number of aromatic amines is 1. The second-order valence-electron chi connectivity index (χ2n) is 5.98. The van der Waals surface area contributed by atoms with Crippen molar-refractivity contribution in [3.05, 3.63) is 68.8 Å². The monoisotopic (exact) mass is 390 g/mol. The largest absolute Gasteiger partial charge is 0.461 e. The van der Waals surface area contributed by atoms with Gasteiger partial charge in [0.2, 0.25) is 0 Å². The van der Waals surface area contributed by atoms with Gasteiger partial charge in [0, 0.05) is 22.5 Å². The van der Waals surface area contributed by atoms with Gasteiger partial charge in [0.05, 0.1) is 11.6 Å². The zero-order chi connectivity index (χ0) is 18.7. The predicted octanol–water partition coefficient (Wildman–Crippen LogP) is 4.90. The third-order valence-corrected chi connectivity index (χ3v) is 4.90. The number of benzene rings is 2. The Bertz CT molecular complexity index is 950. The molecule has 0 saturated carbocycles. The molecule has 0 aliphatic rings. The van der Waals surface area contributed by atoms with Crippen LogP contribution in [0.25, 0.3) is 10.9 Å². The third kappa shape index (κ3) is 3.73. The number of hydrogen-bond donors (Lipinski definition) is 2. The molecule has 1 heterocycles. The van der Waals surface area contributed by atoms with Gasteiger partial charge >= 0.3 is 5.97 Å². The first kappa shape index (κ1) is 18.8. The SMILES string of the molecule is CCOC(=O)c1[nH]c2cc(Cl)cc(Cl)c2c1CCc1ccccc1CN. The topological polar surface area (TPSA) is 68.1 Å². The van der Waals surface area contributed by atoms with E-state index in [0.29, 0.717) is 35.3 Å². The molecule has 0 aliphatic heterocycles. The lowest BCUT2D eigenvalue weighted by Gasteiger charge is -2.09. The number of carbonyl (C=O) groups is 1. The molecule has 3 rings (SSSR count). The fourth-order valence-electron chi connectivity index (χ4n) is 3.20. The number of hydrogen-bond acceptors (Lipinski definition) is 3. The van der Waals surface area contributed by atoms with Crippen LogP contribution in [0.15, 0.2) is 36.4 Å². The van der Waals surface area contributed by atoms with E-state index in [1.807, 2.05) is 18.2 Å². The Labute approximate surface area is 162 Å². The predicted molar refractivity (Wildman–Crippen MR) is 106 cm³/mol. The van der Waals surface area contributed by atoms with Crippen LogP contribution in [-0.2, 0) is 24.1 Å². The van der Waals surface area contributed by atoms with Crippen LogP contribution in [0.3, 0.4) is 0 Å². The van der Waals surface area contributed by atoms with Crippen LogP contribution in [0.1, 0.15) is 34.1 Å². The van der Waals surface area contributed by atoms with Crippen molar-refractivity contribution in [2.24, 2.45) is 5.73 Å². The van der Waals surface area contributed by atoms with E-state index < -0.39 is 5.97 Å². The molecule has 2 aromatic carbocycles. The van der Waals surface area contributed by atoms with Gasteiger partial charge in [0.15, 0.2) is 0 Å². The Morgan fingerprint density at radius 3 is 2.58 bits per heavy atom. The molecule has 0 saturated heterocycles. The lowest BCUT2D eigenvalue weighted by molar-refractivity contribution is 0.0519. The van der Waals surface area contributed by atoms with E-state index in [1.54, 1.807) is 19.1 Å². The van der Waals surface area contributed by atoms with Gasteiger partial charge in [0.1, 0.15) is 5.69 Å². The second-order valence-corrected chi connectivity index (χ2v) is 6.83. The fourth-order valence-corrected chi connectivity index (χ4v) is 3.81. The molecule has 0 spiro atoms. The maximum absolute atomic E-state index is 12.4. The van der Waals surface area contributed by atoms with Crippen LogP contribution < -0.4 is 5.73 Å². The van der Waals surface area contributed by atoms with Gasteiger partial charge in [-0.15, -0.1) is 0 Å². The number of fused-ring (bicyclic) bond motifs is 1. The number of carbonyl (C=O) groups excluding carboxylic acids is 1. The van der Waals surface area contributed by atoms with Gasteiger partial charge in [-0.2, -0.15) is 0 Å². The number of H-pyrrole nitrogens is 1. The summed E-state index contributed by atoms with van der Waals surface area (Å²) in [6.07, 6.45) is 1.37. The smallest absolute Gasteiger partial charge is 0.355 e. The van der Waals surface area contributed by atoms with Gasteiger partial charge in [-0.05, 0) is 48.6 Å². The van der Waals surface area contributed by atoms with Crippen LogP contribution in [-0.4, -0.2) is 17.6 Å². The van der Waals surface area contributed by atoms with Crippen LogP contribution in [0.5, 0.6) is 0 Å². The van der Waals surface area contributed by atoms with E-state index in [2.05, 4.69) is 11.1 Å². The summed E-state index contributed by atoms with van der Waals surface area (Å²) < 4.78 is 5.20. The van der Waals surface area contributed by atoms with Gasteiger partial charge in [-0.3, -0.25) is 0 Å². The lowest BCUT2D eigenvalue weighted by Crippen LogP contribution is -2.09. The zero-order valence-corrected chi connectivity index (χ0v) is 16.0. The van der Waals surface area contributed by atoms with E-state index in [-0.39, 0.29) is 0 Å². The molecule has 0 fully saturated rings. The molecule has 0 unspecified atom stereocenters. The van der Waals surface area contributed by atoms with E-state index >= 15 is 0 Å². The summed E-state index contributed by atoms with van der Waals surface area (Å²) in [4.78, 5) is 15.5. The Morgan fingerprint density at radius 2 is 1.88 bits per heavy atom. The van der Waals surface area contributed by atoms with Crippen LogP contribution in [0.4, 0.5) is 0 Å². The number of esters is 1. The number of nitrogens with two attached hydrogens (primary N) is 1. The summed E-state index contributed by atoms with van der Waals surface area (Å²) in [7, 11) is 0. The maximum atomic E-state index is 12.4. The van der Waals surface area contributed by atoms with Crippen molar-refractivity contribution in [2.75, 3.05) is 6.61 Å². The summed E-state index contributed by atoms with van der Waals surface area (Å²) in [6, 6.07) is 11.5. The van der Waals surface area contributed by atoms with Crippen LogP contribution in [0.2, 0.25) is 10.0 Å². The number of rotatable bonds is 6. The number of halogens is 2. The maximum Gasteiger partial charge on any atom is 0.355 e. The Hall–Kier alpha value is -2.01. The van der Waals surface area contributed by atoms with Gasteiger partial charge in [0.25, 0.3) is 0 Å². The molecule has 3 N–H and O–H groups in total. The van der Waals surface area contributed by atoms with Crippen molar-refractivity contribution < 1.29 is 9.53 Å². The summed E-state index contributed by atoms with van der Waals surface area (Å²) in [5.41, 5.74) is 10.1. The fraction of sp³-hybridized carbons (Fsp3) is 0.250. The first-order valence-corrected chi connectivity index (χ1v) is 9.24. The first-order valence-electron chi connectivity index (χ1n) is 8.48. The molecule has 0 amide bonds. The average molecular weight is 391 g/mol. The quantitative estimate of drug-likeness (QED) is 0.588. The van der Waals surface area contributed by atoms with Crippen molar-refractivity contribution in [3.63, 3.8) is 0 Å². The van der Waals surface area contributed by atoms with Gasteiger partial charge in [-0.25, -0.2) is 4.79 Å². The molecular formula is C20H20Cl2N2O2. The zero-order valence-electron chi connectivity index (χ0n) is 14.4. The number of ether oxygens (including phenoxy) is 1. The van der Waals surface area contributed by atoms with Crippen LogP contribution in [0, 0.1) is 0 Å². The Balaban J connectivity index is 2.04. The van der Waals surface area contributed by atoms with Crippen molar-refractivity contribution in [2.45, 2.75) is 26.3 Å². The summed E-state index contributed by atoms with van der Waals surface area (Å²) in [5, 5.41) is 1.84. The van der Waals surface area contributed by atoms with Gasteiger partial charge < -0.3 is 15.5 Å². The molecule has 136 valence electrons. The Kier molecular flexibility index (Phi) is 5.87. The van der Waals surface area contributed by atoms with Crippen LogP contribution >= 0.6 is 23.2 Å². The van der Waals surface area contributed by atoms with Gasteiger partial charge in [-0.1, -0.05) is 47.5 Å². The normalized spacial score (nSPS) is 11.1. The van der Waals surface area contributed by atoms with Crippen molar-refractivity contribution in [3.8, 4) is 0 Å². The molecule has 0 bridgehead atoms. The lowest BCUT2D eigenvalue weighted by atomic mass is 9.98. The first-order chi connectivity index (χ1) is 12.5. The molecule has 6 heteroatoms. The van der Waals surface area contributed by atoms with Crippen molar-refractivity contribution in [1.82, 2.24) is 4.98 Å². The molecule has 4 nitrogen and oxygen atoms in total. The highest BCUT2D eigenvalue weighted by Gasteiger charge is 2.21. The number of aryl methyl sites for hydroxylation is 2. The third-order valence-electron chi connectivity index (χ3n) is 4.38. The molecular weight excluding hydrogens is 371 g/mol. The average Bonchev–Trinajstić information content (AvgIpc) is 2.99. The minimum absolute atomic E-state index is 0.304. The second kappa shape index (κ2) is 8.12. The number of aromatic nitrogens is 1. The minimum Gasteiger partial charge on any atom is -0.461 e. The van der Waals surface area contributed by atoms with Crippen molar-refractivity contribution >= 4 is 40.1 Å². The molecule has 0 aliphatic carbocycles. The summed E-state index contributed by atoms with van der Waals surface area (Å²) in [5.74, 6) is -0.391. The molecule has 0 atom stereocenters. The Morgan fingerprint density at radius 1 is 1.15 bits per heavy atom. The summed E-state index contributed by atoms with van der Waals surface area (Å²) >= 11 is 12.5. The molecule has 1 aromatic heterocycles. The molecule has 3 aromatic rings. The highest BCUT2D eigenvalue weighted by atomic mass is 35.5. The number of nitrogens with one attached hydrogen (secondary N) is 1. The van der Waals surface area contributed by atoms with E-state index in [1.165, 1.54) is 0 Å². The van der Waals surface area contributed by atoms with E-state index in [4.69, 9.17) is 33.7 Å².